The minimum atomic E-state index is -1.49. The molecule has 106 valence electrons. The van der Waals surface area contributed by atoms with E-state index >= 15 is 0 Å². The van der Waals surface area contributed by atoms with Crippen LogP contribution in [-0.4, -0.2) is 5.11 Å². The van der Waals surface area contributed by atoms with Gasteiger partial charge < -0.3 is 5.11 Å². The van der Waals surface area contributed by atoms with E-state index in [9.17, 15) is 13.9 Å². The van der Waals surface area contributed by atoms with E-state index in [0.29, 0.717) is 15.6 Å². The molecule has 20 heavy (non-hydrogen) atoms. The van der Waals surface area contributed by atoms with Gasteiger partial charge in [-0.2, -0.15) is 0 Å². The summed E-state index contributed by atoms with van der Waals surface area (Å²) in [6.45, 7) is 1.46. The van der Waals surface area contributed by atoms with Crippen molar-refractivity contribution in [1.82, 2.24) is 0 Å². The summed E-state index contributed by atoms with van der Waals surface area (Å²) in [7, 11) is 0. The Labute approximate surface area is 125 Å². The number of hydrogen-bond acceptors (Lipinski definition) is 1. The molecule has 0 radical (unpaired) electrons. The van der Waals surface area contributed by atoms with Crippen LogP contribution in [0.15, 0.2) is 36.4 Å². The Morgan fingerprint density at radius 1 is 1.05 bits per heavy atom. The van der Waals surface area contributed by atoms with E-state index in [1.54, 1.807) is 18.2 Å². The Morgan fingerprint density at radius 2 is 1.55 bits per heavy atom. The molecule has 0 fully saturated rings. The van der Waals surface area contributed by atoms with E-state index in [4.69, 9.17) is 23.2 Å². The molecule has 0 saturated carbocycles. The predicted molar refractivity (Wildman–Crippen MR) is 76.1 cm³/mol. The molecule has 0 bridgehead atoms. The Morgan fingerprint density at radius 3 is 2.05 bits per heavy atom. The topological polar surface area (TPSA) is 20.2 Å². The quantitative estimate of drug-likeness (QED) is 0.868. The fraction of sp³-hybridized carbons (Fsp3) is 0.200. The van der Waals surface area contributed by atoms with Crippen molar-refractivity contribution in [1.29, 1.82) is 0 Å². The van der Waals surface area contributed by atoms with Crippen LogP contribution in [0.5, 0.6) is 0 Å². The summed E-state index contributed by atoms with van der Waals surface area (Å²) in [5.74, 6) is -1.49. The highest BCUT2D eigenvalue weighted by Gasteiger charge is 2.27. The standard InChI is InChI=1S/C15H12Cl2F2O/c1-15(20,9-5-10(18)7-11(19)6-9)8-12-13(16)3-2-4-14(12)17/h2-7,20H,8H2,1H3. The third-order valence-electron chi connectivity index (χ3n) is 3.07. The molecule has 5 heteroatoms. The van der Waals surface area contributed by atoms with Gasteiger partial charge in [0.05, 0.1) is 5.60 Å². The van der Waals surface area contributed by atoms with Gasteiger partial charge in [0.2, 0.25) is 0 Å². The van der Waals surface area contributed by atoms with Gasteiger partial charge in [-0.3, -0.25) is 0 Å². The maximum Gasteiger partial charge on any atom is 0.126 e. The van der Waals surface area contributed by atoms with Crippen molar-refractivity contribution in [2.75, 3.05) is 0 Å². The summed E-state index contributed by atoms with van der Waals surface area (Å²) in [4.78, 5) is 0. The first kappa shape index (κ1) is 15.2. The van der Waals surface area contributed by atoms with Crippen LogP contribution in [-0.2, 0) is 12.0 Å². The maximum atomic E-state index is 13.3. The highest BCUT2D eigenvalue weighted by molar-refractivity contribution is 6.36. The van der Waals surface area contributed by atoms with Gasteiger partial charge in [-0.15, -0.1) is 0 Å². The second kappa shape index (κ2) is 5.68. The zero-order valence-corrected chi connectivity index (χ0v) is 12.1. The molecule has 2 rings (SSSR count). The molecular weight excluding hydrogens is 305 g/mol. The Hall–Kier alpha value is -1.16. The third-order valence-corrected chi connectivity index (χ3v) is 3.78. The first-order valence-corrected chi connectivity index (χ1v) is 6.67. The molecule has 1 atom stereocenters. The predicted octanol–water partition coefficient (Wildman–Crippen LogP) is 4.72. The fourth-order valence-electron chi connectivity index (χ4n) is 2.01. The number of hydrogen-bond donors (Lipinski definition) is 1. The van der Waals surface area contributed by atoms with Gasteiger partial charge in [-0.05, 0) is 42.3 Å². The minimum absolute atomic E-state index is 0.0500. The molecule has 1 nitrogen and oxygen atoms in total. The average Bonchev–Trinajstić information content (AvgIpc) is 2.33. The minimum Gasteiger partial charge on any atom is -0.385 e. The van der Waals surface area contributed by atoms with Crippen LogP contribution in [0.1, 0.15) is 18.1 Å². The van der Waals surface area contributed by atoms with E-state index in [-0.39, 0.29) is 12.0 Å². The lowest BCUT2D eigenvalue weighted by atomic mass is 9.89. The van der Waals surface area contributed by atoms with Crippen molar-refractivity contribution >= 4 is 23.2 Å². The molecule has 0 aliphatic rings. The number of halogens is 4. The molecule has 1 unspecified atom stereocenters. The summed E-state index contributed by atoms with van der Waals surface area (Å²) in [6.07, 6.45) is 0.0500. The van der Waals surface area contributed by atoms with Crippen molar-refractivity contribution in [2.45, 2.75) is 18.9 Å². The molecule has 1 N–H and O–H groups in total. The second-order valence-corrected chi connectivity index (χ2v) is 5.62. The van der Waals surface area contributed by atoms with Gasteiger partial charge in [0.15, 0.2) is 0 Å². The van der Waals surface area contributed by atoms with E-state index in [2.05, 4.69) is 0 Å². The summed E-state index contributed by atoms with van der Waals surface area (Å²) in [6, 6.07) is 7.91. The molecule has 0 saturated heterocycles. The van der Waals surface area contributed by atoms with Gasteiger partial charge in [-0.1, -0.05) is 29.3 Å². The van der Waals surface area contributed by atoms with E-state index in [1.165, 1.54) is 6.92 Å². The van der Waals surface area contributed by atoms with E-state index in [1.807, 2.05) is 0 Å². The average molecular weight is 317 g/mol. The van der Waals surface area contributed by atoms with Crippen LogP contribution in [0, 0.1) is 11.6 Å². The lowest BCUT2D eigenvalue weighted by molar-refractivity contribution is 0.0569. The third kappa shape index (κ3) is 3.29. The van der Waals surface area contributed by atoms with Crippen LogP contribution in [0.4, 0.5) is 8.78 Å². The van der Waals surface area contributed by atoms with Crippen LogP contribution in [0.25, 0.3) is 0 Å². The van der Waals surface area contributed by atoms with Crippen molar-refractivity contribution < 1.29 is 13.9 Å². The monoisotopic (exact) mass is 316 g/mol. The van der Waals surface area contributed by atoms with Crippen LogP contribution in [0.3, 0.4) is 0 Å². The number of benzene rings is 2. The van der Waals surface area contributed by atoms with Crippen LogP contribution >= 0.6 is 23.2 Å². The molecule has 2 aromatic carbocycles. The Bertz CT molecular complexity index is 601. The zero-order valence-electron chi connectivity index (χ0n) is 10.6. The molecule has 0 aliphatic carbocycles. The van der Waals surface area contributed by atoms with Gasteiger partial charge in [0.25, 0.3) is 0 Å². The SMILES string of the molecule is CC(O)(Cc1c(Cl)cccc1Cl)c1cc(F)cc(F)c1. The van der Waals surface area contributed by atoms with Crippen molar-refractivity contribution in [3.63, 3.8) is 0 Å². The Kier molecular flexibility index (Phi) is 4.33. The molecule has 2 aromatic rings. The molecular formula is C15H12Cl2F2O. The first-order chi connectivity index (χ1) is 9.29. The van der Waals surface area contributed by atoms with Gasteiger partial charge in [0.1, 0.15) is 11.6 Å². The van der Waals surface area contributed by atoms with Crippen LogP contribution < -0.4 is 0 Å². The van der Waals surface area contributed by atoms with Crippen molar-refractivity contribution in [3.05, 3.63) is 69.2 Å². The largest absolute Gasteiger partial charge is 0.385 e. The lowest BCUT2D eigenvalue weighted by Gasteiger charge is -2.25. The molecule has 0 spiro atoms. The highest BCUT2D eigenvalue weighted by Crippen LogP contribution is 2.33. The summed E-state index contributed by atoms with van der Waals surface area (Å²) in [5, 5.41) is 11.3. The molecule has 0 amide bonds. The van der Waals surface area contributed by atoms with Crippen molar-refractivity contribution in [3.8, 4) is 0 Å². The van der Waals surface area contributed by atoms with Gasteiger partial charge >= 0.3 is 0 Å². The van der Waals surface area contributed by atoms with E-state index < -0.39 is 17.2 Å². The van der Waals surface area contributed by atoms with E-state index in [0.717, 1.165) is 18.2 Å². The highest BCUT2D eigenvalue weighted by atomic mass is 35.5. The zero-order chi connectivity index (χ0) is 14.9. The first-order valence-electron chi connectivity index (χ1n) is 5.91. The normalized spacial score (nSPS) is 14.1. The molecule has 0 aromatic heterocycles. The summed E-state index contributed by atoms with van der Waals surface area (Å²) >= 11 is 12.1. The smallest absolute Gasteiger partial charge is 0.126 e. The Balaban J connectivity index is 2.40. The molecule has 0 aliphatic heterocycles. The van der Waals surface area contributed by atoms with Gasteiger partial charge in [-0.25, -0.2) is 8.78 Å². The van der Waals surface area contributed by atoms with Gasteiger partial charge in [0, 0.05) is 22.5 Å². The number of aliphatic hydroxyl groups is 1. The summed E-state index contributed by atoms with van der Waals surface area (Å²) < 4.78 is 26.5. The van der Waals surface area contributed by atoms with Crippen LogP contribution in [0.2, 0.25) is 10.0 Å². The van der Waals surface area contributed by atoms with Crippen molar-refractivity contribution in [2.24, 2.45) is 0 Å². The molecule has 0 heterocycles. The maximum absolute atomic E-state index is 13.3. The summed E-state index contributed by atoms with van der Waals surface area (Å²) in [5.41, 5.74) is -0.825. The fourth-order valence-corrected chi connectivity index (χ4v) is 2.54. The number of rotatable bonds is 3. The lowest BCUT2D eigenvalue weighted by Crippen LogP contribution is -2.25. The second-order valence-electron chi connectivity index (χ2n) is 4.81.